The minimum atomic E-state index is -0.0289. The molecule has 4 rings (SSSR count). The van der Waals surface area contributed by atoms with Gasteiger partial charge in [-0.25, -0.2) is 0 Å². The van der Waals surface area contributed by atoms with E-state index in [0.29, 0.717) is 18.8 Å². The molecule has 2 N–H and O–H groups in total. The molecule has 0 saturated carbocycles. The summed E-state index contributed by atoms with van der Waals surface area (Å²) in [4.78, 5) is 15.1. The zero-order valence-corrected chi connectivity index (χ0v) is 17.6. The van der Waals surface area contributed by atoms with Gasteiger partial charge in [0.25, 0.3) is 5.91 Å². The van der Waals surface area contributed by atoms with Gasteiger partial charge >= 0.3 is 0 Å². The van der Waals surface area contributed by atoms with Crippen molar-refractivity contribution in [2.75, 3.05) is 13.1 Å². The van der Waals surface area contributed by atoms with Gasteiger partial charge in [0.15, 0.2) is 0 Å². The van der Waals surface area contributed by atoms with Gasteiger partial charge in [0.05, 0.1) is 0 Å². The van der Waals surface area contributed by atoms with E-state index in [0.717, 1.165) is 42.6 Å². The average Bonchev–Trinajstić information content (AvgIpc) is 2.79. The van der Waals surface area contributed by atoms with Crippen LogP contribution in [-0.4, -0.2) is 29.0 Å². The van der Waals surface area contributed by atoms with Crippen LogP contribution in [0.1, 0.15) is 39.0 Å². The first-order chi connectivity index (χ1) is 15.2. The number of nitrogens with one attached hydrogen (secondary N) is 1. The van der Waals surface area contributed by atoms with Gasteiger partial charge in [-0.2, -0.15) is 0 Å². The van der Waals surface area contributed by atoms with E-state index in [1.807, 2.05) is 54.6 Å². The highest BCUT2D eigenvalue weighted by atomic mass is 16.3. The maximum Gasteiger partial charge on any atom is 0.251 e. The molecule has 158 valence electrons. The largest absolute Gasteiger partial charge is 0.508 e. The summed E-state index contributed by atoms with van der Waals surface area (Å²) in [5.41, 5.74) is 5.39. The van der Waals surface area contributed by atoms with Crippen LogP contribution in [0.15, 0.2) is 78.9 Å². The minimum absolute atomic E-state index is 0.0289. The molecule has 1 aliphatic rings. The van der Waals surface area contributed by atoms with Crippen molar-refractivity contribution < 1.29 is 9.90 Å². The number of fused-ring (bicyclic) bond motifs is 1. The third-order valence-corrected chi connectivity index (χ3v) is 5.64. The van der Waals surface area contributed by atoms with Gasteiger partial charge in [-0.05, 0) is 53.3 Å². The van der Waals surface area contributed by atoms with Gasteiger partial charge in [-0.1, -0.05) is 66.7 Å². The molecule has 4 nitrogen and oxygen atoms in total. The topological polar surface area (TPSA) is 52.6 Å². The van der Waals surface area contributed by atoms with Crippen molar-refractivity contribution in [1.82, 2.24) is 10.2 Å². The molecule has 0 saturated heterocycles. The molecule has 1 amide bonds. The van der Waals surface area contributed by atoms with Crippen molar-refractivity contribution in [3.63, 3.8) is 0 Å². The van der Waals surface area contributed by atoms with Crippen molar-refractivity contribution in [3.8, 4) is 5.75 Å². The number of aromatic hydroxyl groups is 1. The Balaban J connectivity index is 1.34. The molecule has 0 fully saturated rings. The van der Waals surface area contributed by atoms with Gasteiger partial charge in [-0.3, -0.25) is 9.69 Å². The molecule has 31 heavy (non-hydrogen) atoms. The number of hydrogen-bond acceptors (Lipinski definition) is 3. The lowest BCUT2D eigenvalue weighted by molar-refractivity contribution is 0.0952. The second kappa shape index (κ2) is 10.1. The molecule has 1 heterocycles. The monoisotopic (exact) mass is 412 g/mol. The highest BCUT2D eigenvalue weighted by molar-refractivity contribution is 5.95. The number of amides is 1. The van der Waals surface area contributed by atoms with Crippen molar-refractivity contribution >= 4 is 12.0 Å². The van der Waals surface area contributed by atoms with Crippen LogP contribution in [0.2, 0.25) is 0 Å². The Kier molecular flexibility index (Phi) is 6.80. The SMILES string of the molecule is O=C(NCC/C=C/c1ccccc1)c1ccccc1CN1CCc2ccc(O)cc2C1. The number of carbonyl (C=O) groups is 1. The number of rotatable bonds is 7. The van der Waals surface area contributed by atoms with Crippen LogP contribution in [0.4, 0.5) is 0 Å². The minimum Gasteiger partial charge on any atom is -0.508 e. The summed E-state index contributed by atoms with van der Waals surface area (Å²) >= 11 is 0. The van der Waals surface area contributed by atoms with Crippen LogP contribution in [0.3, 0.4) is 0 Å². The summed E-state index contributed by atoms with van der Waals surface area (Å²) in [6.07, 6.45) is 5.90. The quantitative estimate of drug-likeness (QED) is 0.549. The van der Waals surface area contributed by atoms with Crippen LogP contribution in [0.5, 0.6) is 5.75 Å². The van der Waals surface area contributed by atoms with Gasteiger partial charge in [0.1, 0.15) is 5.75 Å². The molecule has 4 heteroatoms. The summed E-state index contributed by atoms with van der Waals surface area (Å²) in [6, 6.07) is 23.6. The Labute approximate surface area is 183 Å². The fraction of sp³-hybridized carbons (Fsp3) is 0.222. The van der Waals surface area contributed by atoms with E-state index in [-0.39, 0.29) is 5.91 Å². The van der Waals surface area contributed by atoms with E-state index in [9.17, 15) is 9.90 Å². The van der Waals surface area contributed by atoms with Gasteiger partial charge in [0, 0.05) is 31.7 Å². The first kappa shape index (κ1) is 20.9. The van der Waals surface area contributed by atoms with E-state index in [4.69, 9.17) is 0 Å². The molecule has 0 aromatic heterocycles. The average molecular weight is 413 g/mol. The lowest BCUT2D eigenvalue weighted by Crippen LogP contribution is -2.31. The Morgan fingerprint density at radius 1 is 1.00 bits per heavy atom. The summed E-state index contributed by atoms with van der Waals surface area (Å²) < 4.78 is 0. The molecule has 0 aliphatic carbocycles. The predicted molar refractivity (Wildman–Crippen MR) is 125 cm³/mol. The Bertz CT molecular complexity index is 1060. The second-order valence-electron chi connectivity index (χ2n) is 7.93. The number of phenols is 1. The smallest absolute Gasteiger partial charge is 0.251 e. The van der Waals surface area contributed by atoms with Crippen molar-refractivity contribution in [3.05, 3.63) is 107 Å². The Morgan fingerprint density at radius 2 is 1.81 bits per heavy atom. The summed E-state index contributed by atoms with van der Waals surface area (Å²) in [7, 11) is 0. The van der Waals surface area contributed by atoms with Crippen LogP contribution >= 0.6 is 0 Å². The fourth-order valence-corrected chi connectivity index (χ4v) is 4.01. The van der Waals surface area contributed by atoms with Crippen molar-refractivity contribution in [2.24, 2.45) is 0 Å². The van der Waals surface area contributed by atoms with Crippen molar-refractivity contribution in [2.45, 2.75) is 25.9 Å². The predicted octanol–water partition coefficient (Wildman–Crippen LogP) is 4.78. The summed E-state index contributed by atoms with van der Waals surface area (Å²) in [5.74, 6) is 0.278. The lowest BCUT2D eigenvalue weighted by atomic mass is 9.98. The number of hydrogen-bond donors (Lipinski definition) is 2. The highest BCUT2D eigenvalue weighted by Crippen LogP contribution is 2.24. The summed E-state index contributed by atoms with van der Waals surface area (Å²) in [5, 5.41) is 12.8. The van der Waals surface area contributed by atoms with E-state index in [2.05, 4.69) is 34.5 Å². The first-order valence-electron chi connectivity index (χ1n) is 10.8. The molecule has 0 radical (unpaired) electrons. The molecule has 0 atom stereocenters. The molecule has 3 aromatic rings. The van der Waals surface area contributed by atoms with Gasteiger partial charge < -0.3 is 10.4 Å². The van der Waals surface area contributed by atoms with Gasteiger partial charge in [0.2, 0.25) is 0 Å². The molecule has 3 aromatic carbocycles. The number of nitrogens with zero attached hydrogens (tertiary/aromatic N) is 1. The lowest BCUT2D eigenvalue weighted by Gasteiger charge is -2.29. The van der Waals surface area contributed by atoms with E-state index < -0.39 is 0 Å². The third-order valence-electron chi connectivity index (χ3n) is 5.64. The maximum atomic E-state index is 12.8. The van der Waals surface area contributed by atoms with E-state index in [1.54, 1.807) is 6.07 Å². The zero-order valence-electron chi connectivity index (χ0n) is 17.6. The molecular formula is C27H28N2O2. The number of carbonyl (C=O) groups excluding carboxylic acids is 1. The second-order valence-corrected chi connectivity index (χ2v) is 7.93. The Hall–Kier alpha value is -3.37. The fourth-order valence-electron chi connectivity index (χ4n) is 4.01. The van der Waals surface area contributed by atoms with Crippen LogP contribution < -0.4 is 5.32 Å². The maximum absolute atomic E-state index is 12.8. The highest BCUT2D eigenvalue weighted by Gasteiger charge is 2.19. The van der Waals surface area contributed by atoms with Crippen LogP contribution in [0, 0.1) is 0 Å². The molecule has 0 spiro atoms. The van der Waals surface area contributed by atoms with E-state index >= 15 is 0 Å². The van der Waals surface area contributed by atoms with Crippen molar-refractivity contribution in [1.29, 1.82) is 0 Å². The Morgan fingerprint density at radius 3 is 2.68 bits per heavy atom. The first-order valence-corrected chi connectivity index (χ1v) is 10.8. The van der Waals surface area contributed by atoms with Gasteiger partial charge in [-0.15, -0.1) is 0 Å². The van der Waals surface area contributed by atoms with Crippen LogP contribution in [-0.2, 0) is 19.5 Å². The third kappa shape index (κ3) is 5.62. The molecular weight excluding hydrogens is 384 g/mol. The number of phenolic OH excluding ortho intramolecular Hbond substituents is 1. The standard InChI is InChI=1S/C27H28N2O2/c30-25-14-13-22-15-17-29(20-24(22)18-25)19-23-11-4-5-12-26(23)27(31)28-16-7-6-10-21-8-2-1-3-9-21/h1-6,8-14,18,30H,7,15-17,19-20H2,(H,28,31)/b10-6+. The molecule has 1 aliphatic heterocycles. The van der Waals surface area contributed by atoms with Crippen LogP contribution in [0.25, 0.3) is 6.08 Å². The molecule has 0 bridgehead atoms. The molecule has 0 unspecified atom stereocenters. The van der Waals surface area contributed by atoms with E-state index in [1.165, 1.54) is 11.1 Å². The summed E-state index contributed by atoms with van der Waals surface area (Å²) in [6.45, 7) is 3.04. The normalized spacial score (nSPS) is 13.8. The zero-order chi connectivity index (χ0) is 21.5. The number of benzene rings is 3.